The number of ether oxygens (including phenoxy) is 1. The molecule has 33 heavy (non-hydrogen) atoms. The Morgan fingerprint density at radius 2 is 1.76 bits per heavy atom. The maximum absolute atomic E-state index is 12.7. The van der Waals surface area contributed by atoms with Crippen molar-refractivity contribution in [3.63, 3.8) is 0 Å². The number of likely N-dealkylation sites (N-methyl/N-ethyl adjacent to an activating group) is 1. The lowest BCUT2D eigenvalue weighted by Crippen LogP contribution is -2.31. The minimum atomic E-state index is -2.99. The molecule has 0 spiro atoms. The summed E-state index contributed by atoms with van der Waals surface area (Å²) in [6, 6.07) is 17.6. The van der Waals surface area contributed by atoms with Gasteiger partial charge in [-0.3, -0.25) is 9.48 Å². The van der Waals surface area contributed by atoms with E-state index in [0.29, 0.717) is 18.7 Å². The van der Waals surface area contributed by atoms with Crippen molar-refractivity contribution in [2.45, 2.75) is 32.9 Å². The number of carbonyl (C=O) groups is 1. The topological polar surface area (TPSA) is 81.5 Å². The van der Waals surface area contributed by atoms with E-state index in [1.165, 1.54) is 0 Å². The minimum Gasteiger partial charge on any atom is -0.484 e. The molecule has 2 heterocycles. The van der Waals surface area contributed by atoms with E-state index in [2.05, 4.69) is 5.10 Å². The summed E-state index contributed by atoms with van der Waals surface area (Å²) in [7, 11) is -1.26. The smallest absolute Gasteiger partial charge is 0.260 e. The van der Waals surface area contributed by atoms with Crippen LogP contribution in [0.3, 0.4) is 0 Å². The second-order valence-corrected chi connectivity index (χ2v) is 10.8. The highest BCUT2D eigenvalue weighted by Gasteiger charge is 2.31. The van der Waals surface area contributed by atoms with E-state index >= 15 is 0 Å². The molecule has 0 N–H and O–H groups in total. The summed E-state index contributed by atoms with van der Waals surface area (Å²) < 4.78 is 31.2. The molecule has 174 valence electrons. The van der Waals surface area contributed by atoms with Crippen molar-refractivity contribution in [3.8, 4) is 16.9 Å². The van der Waals surface area contributed by atoms with Gasteiger partial charge in [-0.15, -0.1) is 0 Å². The van der Waals surface area contributed by atoms with Gasteiger partial charge < -0.3 is 9.64 Å². The van der Waals surface area contributed by atoms with Crippen molar-refractivity contribution in [2.24, 2.45) is 0 Å². The first-order valence-corrected chi connectivity index (χ1v) is 12.8. The first-order valence-electron chi connectivity index (χ1n) is 11.0. The van der Waals surface area contributed by atoms with Crippen LogP contribution in [0.5, 0.6) is 5.75 Å². The molecule has 0 aliphatic carbocycles. The fourth-order valence-corrected chi connectivity index (χ4v) is 5.90. The number of aryl methyl sites for hydroxylation is 1. The van der Waals surface area contributed by atoms with E-state index < -0.39 is 9.84 Å². The van der Waals surface area contributed by atoms with Crippen LogP contribution in [0.2, 0.25) is 0 Å². The first-order chi connectivity index (χ1) is 15.7. The second kappa shape index (κ2) is 9.39. The Morgan fingerprint density at radius 1 is 1.09 bits per heavy atom. The second-order valence-electron chi connectivity index (χ2n) is 8.58. The molecule has 1 aromatic heterocycles. The molecule has 1 aliphatic heterocycles. The van der Waals surface area contributed by atoms with Crippen LogP contribution in [-0.2, 0) is 21.2 Å². The molecule has 1 amide bonds. The van der Waals surface area contributed by atoms with Crippen molar-refractivity contribution in [3.05, 3.63) is 71.5 Å². The van der Waals surface area contributed by atoms with Gasteiger partial charge in [-0.1, -0.05) is 42.5 Å². The number of rotatable bonds is 7. The molecule has 3 aromatic rings. The summed E-state index contributed by atoms with van der Waals surface area (Å²) in [6.07, 6.45) is 0.579. The zero-order valence-corrected chi connectivity index (χ0v) is 20.0. The summed E-state index contributed by atoms with van der Waals surface area (Å²) in [6.45, 7) is 4.16. The lowest BCUT2D eigenvalue weighted by atomic mass is 10.1. The third-order valence-electron chi connectivity index (χ3n) is 6.17. The molecule has 0 unspecified atom stereocenters. The normalized spacial score (nSPS) is 17.1. The Balaban J connectivity index is 1.35. The number of hydrogen-bond acceptors (Lipinski definition) is 5. The van der Waals surface area contributed by atoms with Gasteiger partial charge in [-0.05, 0) is 43.5 Å². The average molecular weight is 468 g/mol. The maximum Gasteiger partial charge on any atom is 0.260 e. The largest absolute Gasteiger partial charge is 0.484 e. The lowest BCUT2D eigenvalue weighted by Gasteiger charge is -2.18. The fraction of sp³-hybridized carbons (Fsp3) is 0.360. The number of hydrogen-bond donors (Lipinski definition) is 0. The number of nitrogens with zero attached hydrogens (tertiary/aromatic N) is 3. The van der Waals surface area contributed by atoms with Crippen LogP contribution in [0.4, 0.5) is 0 Å². The molecular formula is C25H29N3O4S. The predicted molar refractivity (Wildman–Crippen MR) is 128 cm³/mol. The van der Waals surface area contributed by atoms with Crippen molar-refractivity contribution in [2.75, 3.05) is 25.2 Å². The van der Waals surface area contributed by atoms with E-state index in [1.807, 2.05) is 73.1 Å². The summed E-state index contributed by atoms with van der Waals surface area (Å²) >= 11 is 0. The Kier molecular flexibility index (Phi) is 6.56. The van der Waals surface area contributed by atoms with Gasteiger partial charge in [-0.2, -0.15) is 5.10 Å². The molecule has 2 aromatic carbocycles. The van der Waals surface area contributed by atoms with Gasteiger partial charge in [0.25, 0.3) is 5.91 Å². The van der Waals surface area contributed by atoms with Crippen LogP contribution in [0.1, 0.15) is 29.4 Å². The third kappa shape index (κ3) is 5.27. The van der Waals surface area contributed by atoms with Gasteiger partial charge in [-0.25, -0.2) is 8.42 Å². The molecule has 1 saturated heterocycles. The lowest BCUT2D eigenvalue weighted by molar-refractivity contribution is -0.132. The monoisotopic (exact) mass is 467 g/mol. The van der Waals surface area contributed by atoms with Gasteiger partial charge in [0.1, 0.15) is 5.75 Å². The molecule has 0 bridgehead atoms. The molecule has 0 radical (unpaired) electrons. The molecular weight excluding hydrogens is 438 g/mol. The van der Waals surface area contributed by atoms with Crippen molar-refractivity contribution in [1.29, 1.82) is 0 Å². The Morgan fingerprint density at radius 3 is 2.39 bits per heavy atom. The third-order valence-corrected chi connectivity index (χ3v) is 7.92. The summed E-state index contributed by atoms with van der Waals surface area (Å²) in [5.41, 5.74) is 4.88. The quantitative estimate of drug-likeness (QED) is 0.531. The van der Waals surface area contributed by atoms with Crippen LogP contribution in [0.15, 0.2) is 54.6 Å². The summed E-state index contributed by atoms with van der Waals surface area (Å²) in [4.78, 5) is 14.3. The van der Waals surface area contributed by atoms with Gasteiger partial charge in [0.05, 0.1) is 23.2 Å². The van der Waals surface area contributed by atoms with E-state index in [1.54, 1.807) is 11.9 Å². The Labute approximate surface area is 194 Å². The van der Waals surface area contributed by atoms with Crippen molar-refractivity contribution >= 4 is 15.7 Å². The van der Waals surface area contributed by atoms with Crippen molar-refractivity contribution < 1.29 is 17.9 Å². The fourth-order valence-electron chi connectivity index (χ4n) is 4.20. The Bertz CT molecular complexity index is 1230. The molecule has 0 saturated carbocycles. The highest BCUT2D eigenvalue weighted by molar-refractivity contribution is 7.91. The molecule has 4 rings (SSSR count). The molecule has 1 fully saturated rings. The van der Waals surface area contributed by atoms with Gasteiger partial charge in [0.15, 0.2) is 16.4 Å². The molecule has 8 heteroatoms. The predicted octanol–water partition coefficient (Wildman–Crippen LogP) is 3.56. The van der Waals surface area contributed by atoms with E-state index in [0.717, 1.165) is 28.1 Å². The highest BCUT2D eigenvalue weighted by atomic mass is 32.2. The van der Waals surface area contributed by atoms with Crippen LogP contribution in [0, 0.1) is 13.8 Å². The standard InChI is InChI=1S/C25H29N3O4S/c1-18-24(19(2)28(26-18)22-13-14-33(30,31)17-22)15-27(3)25(29)16-32-23-11-9-21(10-12-23)20-7-5-4-6-8-20/h4-12,22H,13-17H2,1-3H3/t22-/m0/s1. The average Bonchev–Trinajstić information content (AvgIpc) is 3.31. The van der Waals surface area contributed by atoms with E-state index in [9.17, 15) is 13.2 Å². The van der Waals surface area contributed by atoms with E-state index in [-0.39, 0.29) is 30.1 Å². The molecule has 7 nitrogen and oxygen atoms in total. The zero-order chi connectivity index (χ0) is 23.6. The van der Waals surface area contributed by atoms with E-state index in [4.69, 9.17) is 4.74 Å². The number of benzene rings is 2. The maximum atomic E-state index is 12.7. The highest BCUT2D eigenvalue weighted by Crippen LogP contribution is 2.27. The number of sulfone groups is 1. The zero-order valence-electron chi connectivity index (χ0n) is 19.2. The Hall–Kier alpha value is -3.13. The van der Waals surface area contributed by atoms with Crippen LogP contribution < -0.4 is 4.74 Å². The van der Waals surface area contributed by atoms with Crippen LogP contribution in [0.25, 0.3) is 11.1 Å². The number of aromatic nitrogens is 2. The van der Waals surface area contributed by atoms with Crippen LogP contribution in [-0.4, -0.2) is 54.2 Å². The number of amides is 1. The minimum absolute atomic E-state index is 0.0612. The molecule has 1 aliphatic rings. The van der Waals surface area contributed by atoms with Gasteiger partial charge in [0.2, 0.25) is 0 Å². The SMILES string of the molecule is Cc1nn([C@H]2CCS(=O)(=O)C2)c(C)c1CN(C)C(=O)COc1ccc(-c2ccccc2)cc1. The van der Waals surface area contributed by atoms with Crippen LogP contribution >= 0.6 is 0 Å². The van der Waals surface area contributed by atoms with Crippen molar-refractivity contribution in [1.82, 2.24) is 14.7 Å². The number of carbonyl (C=O) groups excluding carboxylic acids is 1. The van der Waals surface area contributed by atoms with Gasteiger partial charge >= 0.3 is 0 Å². The first kappa shape index (κ1) is 23.0. The summed E-state index contributed by atoms with van der Waals surface area (Å²) in [5.74, 6) is 0.823. The molecule has 1 atom stereocenters. The summed E-state index contributed by atoms with van der Waals surface area (Å²) in [5, 5.41) is 4.58. The van der Waals surface area contributed by atoms with Gasteiger partial charge in [0, 0.05) is 24.8 Å².